The molecule has 0 aliphatic heterocycles. The molecule has 7 nitrogen and oxygen atoms in total. The Balaban J connectivity index is 1.48. The second-order valence-electron chi connectivity index (χ2n) is 10.3. The smallest absolute Gasteiger partial charge is 0.255 e. The van der Waals surface area contributed by atoms with E-state index in [0.29, 0.717) is 53.0 Å². The highest BCUT2D eigenvalue weighted by Gasteiger charge is 2.24. The first-order chi connectivity index (χ1) is 21.4. The van der Waals surface area contributed by atoms with E-state index in [9.17, 15) is 14.0 Å². The van der Waals surface area contributed by atoms with Crippen LogP contribution in [0.1, 0.15) is 41.0 Å². The average Bonchev–Trinajstić information content (AvgIpc) is 3.43. The van der Waals surface area contributed by atoms with Gasteiger partial charge in [0.15, 0.2) is 0 Å². The largest absolute Gasteiger partial charge is 0.494 e. The van der Waals surface area contributed by atoms with Gasteiger partial charge in [-0.15, -0.1) is 0 Å². The van der Waals surface area contributed by atoms with E-state index in [1.54, 1.807) is 25.2 Å². The lowest BCUT2D eigenvalue weighted by atomic mass is 9.96. The summed E-state index contributed by atoms with van der Waals surface area (Å²) in [5.74, 6) is 0.307. The highest BCUT2D eigenvalue weighted by molar-refractivity contribution is 6.13. The number of ether oxygens (including phenoxy) is 1. The molecule has 0 fully saturated rings. The van der Waals surface area contributed by atoms with Crippen molar-refractivity contribution in [3.8, 4) is 28.2 Å². The van der Waals surface area contributed by atoms with Gasteiger partial charge in [-0.25, -0.2) is 4.39 Å². The van der Waals surface area contributed by atoms with Crippen molar-refractivity contribution in [2.75, 3.05) is 38.2 Å². The summed E-state index contributed by atoms with van der Waals surface area (Å²) in [7, 11) is 1.57. The minimum Gasteiger partial charge on any atom is -0.494 e. The number of rotatable bonds is 12. The van der Waals surface area contributed by atoms with Crippen LogP contribution in [-0.4, -0.2) is 45.1 Å². The van der Waals surface area contributed by atoms with E-state index in [0.717, 1.165) is 35.7 Å². The van der Waals surface area contributed by atoms with Gasteiger partial charge < -0.3 is 24.7 Å². The van der Waals surface area contributed by atoms with E-state index in [-0.39, 0.29) is 17.6 Å². The number of hydrogen-bond acceptors (Lipinski definition) is 5. The van der Waals surface area contributed by atoms with Gasteiger partial charge in [-0.3, -0.25) is 9.59 Å². The number of para-hydroxylation sites is 1. The van der Waals surface area contributed by atoms with Gasteiger partial charge in [0, 0.05) is 60.5 Å². The third-order valence-electron chi connectivity index (χ3n) is 7.53. The first kappa shape index (κ1) is 30.4. The number of carbonyl (C=O) groups excluding carboxylic acids is 2. The molecule has 0 unspecified atom stereocenters. The van der Waals surface area contributed by atoms with Crippen LogP contribution in [0, 0.1) is 5.82 Å². The van der Waals surface area contributed by atoms with Crippen LogP contribution in [-0.2, 0) is 0 Å². The zero-order valence-corrected chi connectivity index (χ0v) is 25.2. The Morgan fingerprint density at radius 2 is 1.61 bits per heavy atom. The molecule has 4 aromatic carbocycles. The second kappa shape index (κ2) is 13.9. The normalized spacial score (nSPS) is 10.9. The number of fused-ring (bicyclic) bond motifs is 1. The van der Waals surface area contributed by atoms with Crippen LogP contribution < -0.4 is 20.3 Å². The molecular weight excluding hydrogens is 557 g/mol. The number of carbonyl (C=O) groups is 2. The van der Waals surface area contributed by atoms with Gasteiger partial charge in [-0.05, 0) is 80.4 Å². The Labute approximate surface area is 256 Å². The number of anilines is 1. The van der Waals surface area contributed by atoms with Crippen LogP contribution in [0.5, 0.6) is 5.75 Å². The van der Waals surface area contributed by atoms with Crippen LogP contribution in [0.4, 0.5) is 10.1 Å². The lowest BCUT2D eigenvalue weighted by Crippen LogP contribution is -2.25. The maximum absolute atomic E-state index is 13.7. The molecule has 0 saturated carbocycles. The molecule has 44 heavy (non-hydrogen) atoms. The molecule has 0 spiro atoms. The summed E-state index contributed by atoms with van der Waals surface area (Å²) in [6.45, 7) is 6.61. The van der Waals surface area contributed by atoms with Crippen LogP contribution in [0.3, 0.4) is 0 Å². The number of halogens is 1. The van der Waals surface area contributed by atoms with Crippen molar-refractivity contribution in [2.45, 2.75) is 20.3 Å². The summed E-state index contributed by atoms with van der Waals surface area (Å²) in [5.41, 5.74) is 4.65. The molecule has 0 aliphatic rings. The quantitative estimate of drug-likeness (QED) is 0.148. The number of hydrogen-bond donors (Lipinski definition) is 2. The fraction of sp³-hybridized carbons (Fsp3) is 0.222. The zero-order chi connectivity index (χ0) is 31.1. The van der Waals surface area contributed by atoms with Crippen molar-refractivity contribution in [3.63, 3.8) is 0 Å². The number of nitrogens with zero attached hydrogens (tertiary/aromatic N) is 1. The van der Waals surface area contributed by atoms with Gasteiger partial charge in [0.2, 0.25) is 0 Å². The first-order valence-corrected chi connectivity index (χ1v) is 14.8. The van der Waals surface area contributed by atoms with Crippen molar-refractivity contribution in [1.29, 1.82) is 0 Å². The maximum atomic E-state index is 13.7. The maximum Gasteiger partial charge on any atom is 0.255 e. The monoisotopic (exact) mass is 593 g/mol. The van der Waals surface area contributed by atoms with Crippen molar-refractivity contribution in [2.24, 2.45) is 0 Å². The van der Waals surface area contributed by atoms with Gasteiger partial charge in [-0.2, -0.15) is 0 Å². The van der Waals surface area contributed by atoms with E-state index in [2.05, 4.69) is 29.4 Å². The minimum atomic E-state index is -0.373. The molecule has 8 heteroatoms. The molecule has 0 atom stereocenters. The lowest BCUT2D eigenvalue weighted by Gasteiger charge is -2.24. The molecule has 1 aromatic heterocycles. The topological polar surface area (TPSA) is 83.8 Å². The van der Waals surface area contributed by atoms with E-state index >= 15 is 0 Å². The van der Waals surface area contributed by atoms with Gasteiger partial charge in [-0.1, -0.05) is 30.3 Å². The first-order valence-electron chi connectivity index (χ1n) is 14.8. The molecule has 2 amide bonds. The third-order valence-corrected chi connectivity index (χ3v) is 7.53. The number of nitrogens with one attached hydrogen (secondary N) is 2. The minimum absolute atomic E-state index is 0.176. The Morgan fingerprint density at radius 1 is 0.864 bits per heavy atom. The van der Waals surface area contributed by atoms with Crippen LogP contribution in [0.2, 0.25) is 0 Å². The van der Waals surface area contributed by atoms with Gasteiger partial charge in [0.1, 0.15) is 22.9 Å². The van der Waals surface area contributed by atoms with E-state index in [1.165, 1.54) is 12.1 Å². The second-order valence-corrected chi connectivity index (χ2v) is 10.3. The molecule has 0 aliphatic carbocycles. The van der Waals surface area contributed by atoms with Crippen molar-refractivity contribution < 1.29 is 23.1 Å². The zero-order valence-electron chi connectivity index (χ0n) is 25.2. The van der Waals surface area contributed by atoms with Crippen LogP contribution >= 0.6 is 0 Å². The van der Waals surface area contributed by atoms with Crippen molar-refractivity contribution in [3.05, 3.63) is 108 Å². The summed E-state index contributed by atoms with van der Waals surface area (Å²) < 4.78 is 25.7. The van der Waals surface area contributed by atoms with E-state index in [1.807, 2.05) is 60.7 Å². The average molecular weight is 594 g/mol. The van der Waals surface area contributed by atoms with E-state index < -0.39 is 0 Å². The lowest BCUT2D eigenvalue weighted by molar-refractivity contribution is 0.0947. The summed E-state index contributed by atoms with van der Waals surface area (Å²) in [5, 5.41) is 6.33. The predicted octanol–water partition coefficient (Wildman–Crippen LogP) is 7.31. The molecule has 226 valence electrons. The van der Waals surface area contributed by atoms with Gasteiger partial charge >= 0.3 is 0 Å². The number of benzene rings is 4. The molecular formula is C36H36FN3O4. The molecule has 0 radical (unpaired) electrons. The molecule has 0 saturated heterocycles. The van der Waals surface area contributed by atoms with E-state index in [4.69, 9.17) is 9.15 Å². The summed E-state index contributed by atoms with van der Waals surface area (Å²) in [4.78, 5) is 28.5. The fourth-order valence-electron chi connectivity index (χ4n) is 5.26. The SMILES string of the molecule is CCN(CC)c1cc2oc(-c3ccc(F)cc3)c(C(=O)NC)c2cc1-c1cccc(C(=O)NCCCOc2ccccc2)c1. The Kier molecular flexibility index (Phi) is 9.59. The Hall–Kier alpha value is -5.11. The fourth-order valence-corrected chi connectivity index (χ4v) is 5.26. The van der Waals surface area contributed by atoms with Crippen molar-refractivity contribution in [1.82, 2.24) is 10.6 Å². The summed E-state index contributed by atoms with van der Waals surface area (Å²) >= 11 is 0. The van der Waals surface area contributed by atoms with Gasteiger partial charge in [0.05, 0.1) is 12.2 Å². The highest BCUT2D eigenvalue weighted by Crippen LogP contribution is 2.41. The summed E-state index contributed by atoms with van der Waals surface area (Å²) in [6.07, 6.45) is 0.669. The third kappa shape index (κ3) is 6.59. The molecule has 2 N–H and O–H groups in total. The highest BCUT2D eigenvalue weighted by atomic mass is 19.1. The standard InChI is InChI=1S/C36H36FN3O4/c1-4-40(5-2)31-23-32-30(33(36(42)38-3)34(44-32)24-15-17-27(37)18-16-24)22-29(31)25-11-9-12-26(21-25)35(41)39-19-10-20-43-28-13-7-6-8-14-28/h6-9,11-18,21-23H,4-5,10,19-20H2,1-3H3,(H,38,42)(H,39,41). The van der Waals surface area contributed by atoms with Crippen LogP contribution in [0.15, 0.2) is 95.4 Å². The van der Waals surface area contributed by atoms with Crippen LogP contribution in [0.25, 0.3) is 33.4 Å². The molecule has 5 rings (SSSR count). The molecule has 5 aromatic rings. The Bertz CT molecular complexity index is 1750. The molecule has 0 bridgehead atoms. The van der Waals surface area contributed by atoms with Crippen molar-refractivity contribution >= 4 is 28.5 Å². The van der Waals surface area contributed by atoms with Gasteiger partial charge in [0.25, 0.3) is 11.8 Å². The number of amides is 2. The Morgan fingerprint density at radius 3 is 2.32 bits per heavy atom. The number of furan rings is 1. The summed E-state index contributed by atoms with van der Waals surface area (Å²) in [6, 6.07) is 26.8. The molecule has 1 heterocycles. The predicted molar refractivity (Wildman–Crippen MR) is 173 cm³/mol.